The van der Waals surface area contributed by atoms with E-state index in [0.717, 1.165) is 27.4 Å². The van der Waals surface area contributed by atoms with Crippen LogP contribution in [0.4, 0.5) is 5.69 Å². The first-order valence-electron chi connectivity index (χ1n) is 15.2. The fraction of sp³-hybridized carbons (Fsp3) is 0.278. The number of carbonyl (C=O) groups excluding carboxylic acids is 2. The van der Waals surface area contributed by atoms with Crippen LogP contribution in [-0.4, -0.2) is 50.9 Å². The molecule has 0 saturated carbocycles. The number of sulfonamides is 1. The van der Waals surface area contributed by atoms with Gasteiger partial charge in [-0.3, -0.25) is 13.9 Å². The molecule has 8 nitrogen and oxygen atoms in total. The van der Waals surface area contributed by atoms with Gasteiger partial charge in [-0.2, -0.15) is 0 Å². The number of aryl methyl sites for hydroxylation is 1. The quantitative estimate of drug-likeness (QED) is 0.181. The van der Waals surface area contributed by atoms with Gasteiger partial charge >= 0.3 is 0 Å². The predicted molar refractivity (Wildman–Crippen MR) is 178 cm³/mol. The largest absolute Gasteiger partial charge is 0.494 e. The Hall–Kier alpha value is -4.63. The third-order valence-electron chi connectivity index (χ3n) is 7.30. The molecule has 0 bridgehead atoms. The third kappa shape index (κ3) is 8.95. The van der Waals surface area contributed by atoms with Crippen LogP contribution in [0.1, 0.15) is 37.0 Å². The van der Waals surface area contributed by atoms with E-state index in [1.165, 1.54) is 17.0 Å². The molecular formula is C36H41N3O5S. The number of amides is 2. The molecule has 0 aliphatic carbocycles. The van der Waals surface area contributed by atoms with Gasteiger partial charge in [0.25, 0.3) is 10.0 Å². The lowest BCUT2D eigenvalue weighted by Crippen LogP contribution is -2.53. The second kappa shape index (κ2) is 15.9. The second-order valence-electron chi connectivity index (χ2n) is 10.8. The fourth-order valence-corrected chi connectivity index (χ4v) is 6.49. The number of anilines is 1. The van der Waals surface area contributed by atoms with Crippen LogP contribution in [0.25, 0.3) is 0 Å². The molecule has 1 atom stereocenters. The molecular weight excluding hydrogens is 586 g/mol. The number of nitrogens with zero attached hydrogens (tertiary/aromatic N) is 2. The van der Waals surface area contributed by atoms with Crippen molar-refractivity contribution in [2.24, 2.45) is 0 Å². The van der Waals surface area contributed by atoms with Gasteiger partial charge in [-0.25, -0.2) is 8.42 Å². The molecule has 0 aliphatic rings. The Labute approximate surface area is 266 Å². The van der Waals surface area contributed by atoms with Crippen LogP contribution in [0.5, 0.6) is 5.75 Å². The molecule has 0 aromatic heterocycles. The van der Waals surface area contributed by atoms with Crippen LogP contribution in [-0.2, 0) is 32.6 Å². The maximum atomic E-state index is 14.5. The van der Waals surface area contributed by atoms with E-state index in [0.29, 0.717) is 24.6 Å². The van der Waals surface area contributed by atoms with Crippen molar-refractivity contribution in [2.45, 2.75) is 51.1 Å². The summed E-state index contributed by atoms with van der Waals surface area (Å²) in [5, 5.41) is 2.97. The maximum Gasteiger partial charge on any atom is 0.264 e. The van der Waals surface area contributed by atoms with Gasteiger partial charge in [-0.1, -0.05) is 85.3 Å². The van der Waals surface area contributed by atoms with Gasteiger partial charge in [0.2, 0.25) is 11.8 Å². The van der Waals surface area contributed by atoms with Gasteiger partial charge in [0, 0.05) is 19.5 Å². The monoisotopic (exact) mass is 627 g/mol. The third-order valence-corrected chi connectivity index (χ3v) is 9.09. The maximum absolute atomic E-state index is 14.5. The van der Waals surface area contributed by atoms with Gasteiger partial charge in [0.1, 0.15) is 18.3 Å². The summed E-state index contributed by atoms with van der Waals surface area (Å²) in [4.78, 5) is 29.8. The Balaban J connectivity index is 1.78. The molecule has 9 heteroatoms. The van der Waals surface area contributed by atoms with Crippen molar-refractivity contribution in [3.63, 3.8) is 0 Å². The lowest BCUT2D eigenvalue weighted by atomic mass is 10.0. The average molecular weight is 628 g/mol. The van der Waals surface area contributed by atoms with E-state index >= 15 is 0 Å². The van der Waals surface area contributed by atoms with Crippen LogP contribution in [0.3, 0.4) is 0 Å². The minimum atomic E-state index is -4.16. The topological polar surface area (TPSA) is 96.0 Å². The van der Waals surface area contributed by atoms with Gasteiger partial charge in [0.15, 0.2) is 0 Å². The van der Waals surface area contributed by atoms with E-state index in [4.69, 9.17) is 4.74 Å². The Morgan fingerprint density at radius 3 is 2.09 bits per heavy atom. The summed E-state index contributed by atoms with van der Waals surface area (Å²) < 4.78 is 34.8. The van der Waals surface area contributed by atoms with Crippen LogP contribution in [0.2, 0.25) is 0 Å². The van der Waals surface area contributed by atoms with Crippen molar-refractivity contribution in [3.8, 4) is 5.75 Å². The van der Waals surface area contributed by atoms with E-state index in [2.05, 4.69) is 5.32 Å². The molecule has 236 valence electrons. The summed E-state index contributed by atoms with van der Waals surface area (Å²) in [7, 11) is -4.16. The minimum Gasteiger partial charge on any atom is -0.494 e. The number of benzene rings is 4. The summed E-state index contributed by atoms with van der Waals surface area (Å²) >= 11 is 0. The molecule has 0 heterocycles. The number of hydrogen-bond acceptors (Lipinski definition) is 5. The zero-order valence-electron chi connectivity index (χ0n) is 26.1. The van der Waals surface area contributed by atoms with Crippen molar-refractivity contribution < 1.29 is 22.7 Å². The predicted octanol–water partition coefficient (Wildman–Crippen LogP) is 5.76. The van der Waals surface area contributed by atoms with Crippen LogP contribution in [0.15, 0.2) is 114 Å². The first kappa shape index (κ1) is 33.3. The van der Waals surface area contributed by atoms with E-state index in [1.54, 1.807) is 42.5 Å². The lowest BCUT2D eigenvalue weighted by molar-refractivity contribution is -0.140. The number of hydrogen-bond donors (Lipinski definition) is 1. The highest BCUT2D eigenvalue weighted by atomic mass is 32.2. The molecule has 0 aliphatic heterocycles. The first-order chi connectivity index (χ1) is 21.7. The summed E-state index contributed by atoms with van der Waals surface area (Å²) in [5.74, 6) is -0.209. The molecule has 2 amide bonds. The standard InChI is InChI=1S/C36H41N3O5S/c1-4-23-37-36(41)34(25-29-14-8-6-9-15-29)38(26-30-16-12-13-28(3)24-30)35(40)27-39(31-19-21-32(22-20-31)44-5-2)45(42,43)33-17-10-7-11-18-33/h6-22,24,34H,4-5,23,25-27H2,1-3H3,(H,37,41)/t34-/m1/s1. The molecule has 0 unspecified atom stereocenters. The number of nitrogens with one attached hydrogen (secondary N) is 1. The fourth-order valence-electron chi connectivity index (χ4n) is 5.05. The molecule has 0 spiro atoms. The highest BCUT2D eigenvalue weighted by Gasteiger charge is 2.34. The second-order valence-corrected chi connectivity index (χ2v) is 12.6. The SMILES string of the molecule is CCCNC(=O)[C@@H](Cc1ccccc1)N(Cc1cccc(C)c1)C(=O)CN(c1ccc(OCC)cc1)S(=O)(=O)c1ccccc1. The van der Waals surface area contributed by atoms with Crippen molar-refractivity contribution in [3.05, 3.63) is 126 Å². The molecule has 0 fully saturated rings. The summed E-state index contributed by atoms with van der Waals surface area (Å²) in [5.41, 5.74) is 3.04. The zero-order chi connectivity index (χ0) is 32.2. The Morgan fingerprint density at radius 2 is 1.47 bits per heavy atom. The molecule has 4 aromatic carbocycles. The molecule has 4 rings (SSSR count). The Morgan fingerprint density at radius 1 is 0.822 bits per heavy atom. The van der Waals surface area contributed by atoms with Crippen molar-refractivity contribution in [2.75, 3.05) is 24.0 Å². The van der Waals surface area contributed by atoms with Crippen molar-refractivity contribution >= 4 is 27.5 Å². The van der Waals surface area contributed by atoms with Gasteiger partial charge in [-0.15, -0.1) is 0 Å². The molecule has 4 aromatic rings. The highest BCUT2D eigenvalue weighted by molar-refractivity contribution is 7.92. The van der Waals surface area contributed by atoms with Crippen molar-refractivity contribution in [1.29, 1.82) is 0 Å². The number of rotatable bonds is 15. The van der Waals surface area contributed by atoms with Gasteiger partial charge in [-0.05, 0) is 67.8 Å². The van der Waals surface area contributed by atoms with Crippen LogP contribution in [0, 0.1) is 6.92 Å². The summed E-state index contributed by atoms with van der Waals surface area (Å²) in [6.45, 7) is 6.32. The van der Waals surface area contributed by atoms with Gasteiger partial charge in [0.05, 0.1) is 17.2 Å². The number of carbonyl (C=O) groups is 2. The minimum absolute atomic E-state index is 0.0541. The molecule has 1 N–H and O–H groups in total. The summed E-state index contributed by atoms with van der Waals surface area (Å²) in [6, 6.07) is 31.0. The highest BCUT2D eigenvalue weighted by Crippen LogP contribution is 2.27. The Kier molecular flexibility index (Phi) is 11.8. The molecule has 45 heavy (non-hydrogen) atoms. The summed E-state index contributed by atoms with van der Waals surface area (Å²) in [6.07, 6.45) is 0.999. The molecule has 0 radical (unpaired) electrons. The smallest absolute Gasteiger partial charge is 0.264 e. The van der Waals surface area contributed by atoms with Gasteiger partial charge < -0.3 is 15.0 Å². The first-order valence-corrected chi connectivity index (χ1v) is 16.6. The normalized spacial score (nSPS) is 11.8. The zero-order valence-corrected chi connectivity index (χ0v) is 26.9. The van der Waals surface area contributed by atoms with Crippen LogP contribution < -0.4 is 14.4 Å². The van der Waals surface area contributed by atoms with E-state index in [1.807, 2.05) is 75.4 Å². The Bertz CT molecular complexity index is 1650. The van der Waals surface area contributed by atoms with Crippen molar-refractivity contribution in [1.82, 2.24) is 10.2 Å². The molecule has 0 saturated heterocycles. The lowest BCUT2D eigenvalue weighted by Gasteiger charge is -2.34. The van der Waals surface area contributed by atoms with Crippen LogP contribution >= 0.6 is 0 Å². The number of ether oxygens (including phenoxy) is 1. The van der Waals surface area contributed by atoms with E-state index < -0.39 is 28.5 Å². The van der Waals surface area contributed by atoms with E-state index in [-0.39, 0.29) is 23.8 Å². The average Bonchev–Trinajstić information content (AvgIpc) is 3.05. The van der Waals surface area contributed by atoms with E-state index in [9.17, 15) is 18.0 Å².